The van der Waals surface area contributed by atoms with E-state index in [1.165, 1.54) is 17.0 Å². The number of likely N-dealkylation sites (N-methyl/N-ethyl adjacent to an activating group) is 1. The van der Waals surface area contributed by atoms with Crippen molar-refractivity contribution in [2.75, 3.05) is 25.5 Å². The van der Waals surface area contributed by atoms with Crippen LogP contribution in [0.4, 0.5) is 18.9 Å². The molecule has 1 amide bonds. The number of alkyl halides is 3. The SMILES string of the molecule is C/C=C\C=C(\C)C(C)N(C(=N)CN(C)C)c1ccc(C(=O)N[C@@H](C)c2nc3ccc(Cl)cc3[nH]2)cc1C(F)(F)F. The number of aromatic nitrogens is 2. The molecule has 2 atom stereocenters. The van der Waals surface area contributed by atoms with Gasteiger partial charge in [0.25, 0.3) is 5.91 Å². The van der Waals surface area contributed by atoms with Crippen molar-refractivity contribution in [1.82, 2.24) is 20.2 Å². The predicted octanol–water partition coefficient (Wildman–Crippen LogP) is 6.98. The van der Waals surface area contributed by atoms with E-state index >= 15 is 0 Å². The minimum atomic E-state index is -4.77. The van der Waals surface area contributed by atoms with E-state index in [1.807, 2.05) is 26.0 Å². The lowest BCUT2D eigenvalue weighted by Crippen LogP contribution is -2.44. The number of amides is 1. The summed E-state index contributed by atoms with van der Waals surface area (Å²) in [4.78, 5) is 23.7. The molecule has 7 nitrogen and oxygen atoms in total. The number of hydrogen-bond acceptors (Lipinski definition) is 4. The van der Waals surface area contributed by atoms with Crippen LogP contribution in [-0.2, 0) is 6.18 Å². The average Bonchev–Trinajstić information content (AvgIpc) is 3.29. The second-order valence-electron chi connectivity index (χ2n) is 9.88. The highest BCUT2D eigenvalue weighted by molar-refractivity contribution is 6.31. The number of rotatable bonds is 9. The van der Waals surface area contributed by atoms with E-state index in [0.717, 1.165) is 11.6 Å². The summed E-state index contributed by atoms with van der Waals surface area (Å²) in [7, 11) is 3.49. The number of benzene rings is 2. The number of halogens is 4. The van der Waals surface area contributed by atoms with Gasteiger partial charge in [-0.25, -0.2) is 4.98 Å². The Morgan fingerprint density at radius 2 is 1.90 bits per heavy atom. The Kier molecular flexibility index (Phi) is 9.81. The number of fused-ring (bicyclic) bond motifs is 1. The van der Waals surface area contributed by atoms with Crippen LogP contribution in [0, 0.1) is 5.41 Å². The Balaban J connectivity index is 1.99. The molecule has 3 aromatic rings. The Bertz CT molecular complexity index is 1440. The second-order valence-corrected chi connectivity index (χ2v) is 10.3. The van der Waals surface area contributed by atoms with Gasteiger partial charge < -0.3 is 20.1 Å². The van der Waals surface area contributed by atoms with E-state index in [4.69, 9.17) is 17.0 Å². The van der Waals surface area contributed by atoms with Crippen molar-refractivity contribution in [1.29, 1.82) is 5.41 Å². The van der Waals surface area contributed by atoms with Gasteiger partial charge in [-0.05, 0) is 78.2 Å². The molecule has 11 heteroatoms. The maximum Gasteiger partial charge on any atom is 0.418 e. The number of amidine groups is 1. The molecular weight excluding hydrogens is 541 g/mol. The number of nitrogens with zero attached hydrogens (tertiary/aromatic N) is 3. The number of carbonyl (C=O) groups excluding carboxylic acids is 1. The predicted molar refractivity (Wildman–Crippen MR) is 155 cm³/mol. The minimum absolute atomic E-state index is 0.00737. The monoisotopic (exact) mass is 574 g/mol. The molecule has 0 saturated heterocycles. The van der Waals surface area contributed by atoms with E-state index < -0.39 is 29.7 Å². The van der Waals surface area contributed by atoms with Gasteiger partial charge in [0.05, 0.1) is 40.9 Å². The van der Waals surface area contributed by atoms with Gasteiger partial charge in [0, 0.05) is 10.6 Å². The fourth-order valence-corrected chi connectivity index (χ4v) is 4.40. The lowest BCUT2D eigenvalue weighted by atomic mass is 10.0. The largest absolute Gasteiger partial charge is 0.418 e. The highest BCUT2D eigenvalue weighted by Gasteiger charge is 2.38. The van der Waals surface area contributed by atoms with Gasteiger partial charge in [-0.1, -0.05) is 35.4 Å². The summed E-state index contributed by atoms with van der Waals surface area (Å²) >= 11 is 6.03. The zero-order valence-electron chi connectivity index (χ0n) is 23.3. The molecule has 1 aromatic heterocycles. The van der Waals surface area contributed by atoms with Crippen molar-refractivity contribution >= 4 is 40.1 Å². The molecule has 0 aliphatic carbocycles. The van der Waals surface area contributed by atoms with Crippen LogP contribution in [-0.4, -0.2) is 53.3 Å². The highest BCUT2D eigenvalue weighted by Crippen LogP contribution is 2.39. The number of H-pyrrole nitrogens is 1. The number of anilines is 1. The lowest BCUT2D eigenvalue weighted by Gasteiger charge is -2.35. The van der Waals surface area contributed by atoms with Crippen molar-refractivity contribution in [3.63, 3.8) is 0 Å². The molecule has 0 saturated carbocycles. The van der Waals surface area contributed by atoms with Gasteiger partial charge in [0.2, 0.25) is 0 Å². The molecule has 0 fully saturated rings. The highest BCUT2D eigenvalue weighted by atomic mass is 35.5. The van der Waals surface area contributed by atoms with Crippen LogP contribution in [0.15, 0.2) is 60.2 Å². The van der Waals surface area contributed by atoms with E-state index in [9.17, 15) is 18.0 Å². The quantitative estimate of drug-likeness (QED) is 0.146. The van der Waals surface area contributed by atoms with Crippen molar-refractivity contribution in [3.8, 4) is 0 Å². The fourth-order valence-electron chi connectivity index (χ4n) is 4.22. The van der Waals surface area contributed by atoms with Gasteiger partial charge in [-0.3, -0.25) is 10.2 Å². The van der Waals surface area contributed by atoms with Crippen molar-refractivity contribution in [2.24, 2.45) is 0 Å². The molecule has 1 unspecified atom stereocenters. The van der Waals surface area contributed by atoms with Crippen molar-refractivity contribution in [3.05, 3.63) is 82.2 Å². The average molecular weight is 575 g/mol. The number of imidazole rings is 1. The summed E-state index contributed by atoms with van der Waals surface area (Å²) in [5.74, 6) is -0.249. The van der Waals surface area contributed by atoms with Gasteiger partial charge in [0.15, 0.2) is 0 Å². The molecule has 0 radical (unpaired) electrons. The van der Waals surface area contributed by atoms with Crippen molar-refractivity contribution in [2.45, 2.75) is 46.0 Å². The number of nitrogens with one attached hydrogen (secondary N) is 3. The standard InChI is InChI=1S/C29H34ClF3N6O/c1-7-8-9-17(2)19(4)39(26(34)16-38(5)6)25-13-10-20(14-22(25)29(31,32)33)28(40)35-18(3)27-36-23-12-11-21(30)15-24(23)37-27/h7-15,18-19,34H,16H2,1-6H3,(H,35,40)(H,36,37)/b8-7-,17-9-,34-26?/t18-,19?/m0/s1. The minimum Gasteiger partial charge on any atom is -0.342 e. The molecule has 3 N–H and O–H groups in total. The van der Waals surface area contributed by atoms with Crippen LogP contribution in [0.5, 0.6) is 0 Å². The first kappa shape index (κ1) is 30.9. The Morgan fingerprint density at radius 1 is 1.20 bits per heavy atom. The maximum absolute atomic E-state index is 14.4. The zero-order valence-corrected chi connectivity index (χ0v) is 24.1. The Labute approximate surface area is 237 Å². The molecule has 3 rings (SSSR count). The van der Waals surface area contributed by atoms with Crippen LogP contribution in [0.3, 0.4) is 0 Å². The first-order valence-electron chi connectivity index (χ1n) is 12.7. The summed E-state index contributed by atoms with van der Waals surface area (Å²) < 4.78 is 43.3. The summed E-state index contributed by atoms with van der Waals surface area (Å²) in [6.07, 6.45) is 0.660. The topological polar surface area (TPSA) is 88.1 Å². The molecule has 1 heterocycles. The third-order valence-corrected chi connectivity index (χ3v) is 6.63. The van der Waals surface area contributed by atoms with E-state index in [-0.39, 0.29) is 23.6 Å². The molecular formula is C29H34ClF3N6O. The van der Waals surface area contributed by atoms with Crippen LogP contribution < -0.4 is 10.2 Å². The summed E-state index contributed by atoms with van der Waals surface area (Å²) in [6.45, 7) is 7.21. The molecule has 214 valence electrons. The van der Waals surface area contributed by atoms with E-state index in [1.54, 1.807) is 57.1 Å². The zero-order chi connectivity index (χ0) is 29.8. The number of hydrogen-bond donors (Lipinski definition) is 3. The normalized spacial score (nSPS) is 14.1. The Morgan fingerprint density at radius 3 is 2.52 bits per heavy atom. The molecule has 0 bridgehead atoms. The first-order chi connectivity index (χ1) is 18.7. The molecule has 2 aromatic carbocycles. The van der Waals surface area contributed by atoms with Crippen LogP contribution in [0.25, 0.3) is 11.0 Å². The molecule has 40 heavy (non-hydrogen) atoms. The van der Waals surface area contributed by atoms with Crippen LogP contribution >= 0.6 is 11.6 Å². The van der Waals surface area contributed by atoms with Gasteiger partial charge in [-0.15, -0.1) is 0 Å². The number of carbonyl (C=O) groups is 1. The number of allylic oxidation sites excluding steroid dienone is 3. The van der Waals surface area contributed by atoms with Crippen molar-refractivity contribution < 1.29 is 18.0 Å². The summed E-state index contributed by atoms with van der Waals surface area (Å²) in [5, 5.41) is 11.9. The van der Waals surface area contributed by atoms with E-state index in [2.05, 4.69) is 15.3 Å². The van der Waals surface area contributed by atoms with Crippen LogP contribution in [0.2, 0.25) is 5.02 Å². The summed E-state index contributed by atoms with van der Waals surface area (Å²) in [6, 6.07) is 7.40. The molecule has 0 spiro atoms. The molecule has 0 aliphatic rings. The fraction of sp³-hybridized carbons (Fsp3) is 0.345. The second kappa shape index (κ2) is 12.7. The first-order valence-corrected chi connectivity index (χ1v) is 13.1. The van der Waals surface area contributed by atoms with Gasteiger partial charge >= 0.3 is 6.18 Å². The third kappa shape index (κ3) is 7.31. The smallest absolute Gasteiger partial charge is 0.342 e. The number of aromatic amines is 1. The van der Waals surface area contributed by atoms with Gasteiger partial charge in [-0.2, -0.15) is 13.2 Å². The van der Waals surface area contributed by atoms with Gasteiger partial charge in [0.1, 0.15) is 11.7 Å². The lowest BCUT2D eigenvalue weighted by molar-refractivity contribution is -0.137. The Hall–Kier alpha value is -3.63. The molecule has 0 aliphatic heterocycles. The summed E-state index contributed by atoms with van der Waals surface area (Å²) in [5.41, 5.74) is 0.754. The van der Waals surface area contributed by atoms with E-state index in [0.29, 0.717) is 21.9 Å². The van der Waals surface area contributed by atoms with Crippen LogP contribution in [0.1, 0.15) is 55.5 Å². The maximum atomic E-state index is 14.4. The third-order valence-electron chi connectivity index (χ3n) is 6.40.